The van der Waals surface area contributed by atoms with Crippen LogP contribution in [0.2, 0.25) is 0 Å². The van der Waals surface area contributed by atoms with Crippen molar-refractivity contribution in [2.75, 3.05) is 0 Å². The van der Waals surface area contributed by atoms with Crippen molar-refractivity contribution in [2.45, 2.75) is 51.4 Å². The Labute approximate surface area is 161 Å². The molecule has 0 aliphatic heterocycles. The average molecular weight is 394 g/mol. The minimum atomic E-state index is -1.64. The van der Waals surface area contributed by atoms with E-state index < -0.39 is 34.8 Å². The summed E-state index contributed by atoms with van der Waals surface area (Å²) < 4.78 is 56.0. The van der Waals surface area contributed by atoms with Crippen molar-refractivity contribution in [1.82, 2.24) is 0 Å². The number of carboxylic acids is 1. The van der Waals surface area contributed by atoms with Crippen LogP contribution in [0.5, 0.6) is 0 Å². The van der Waals surface area contributed by atoms with Crippen molar-refractivity contribution >= 4 is 5.97 Å². The SMILES string of the molecule is CCC[C@H]1CC[C@H](c2ccc(C(=O)O)c(F)c2-c2cc(F)c(F)c(F)c2)CC1. The van der Waals surface area contributed by atoms with E-state index in [9.17, 15) is 23.1 Å². The summed E-state index contributed by atoms with van der Waals surface area (Å²) in [5, 5.41) is 9.24. The largest absolute Gasteiger partial charge is 0.478 e. The lowest BCUT2D eigenvalue weighted by Gasteiger charge is -2.30. The van der Waals surface area contributed by atoms with Crippen LogP contribution in [0.3, 0.4) is 0 Å². The van der Waals surface area contributed by atoms with Crippen molar-refractivity contribution < 1.29 is 27.5 Å². The molecule has 0 radical (unpaired) electrons. The summed E-state index contributed by atoms with van der Waals surface area (Å²) in [5.41, 5.74) is -0.411. The molecule has 0 bridgehead atoms. The number of rotatable bonds is 5. The van der Waals surface area contributed by atoms with Gasteiger partial charge in [-0.15, -0.1) is 0 Å². The van der Waals surface area contributed by atoms with Gasteiger partial charge in [-0.1, -0.05) is 25.8 Å². The third-order valence-electron chi connectivity index (χ3n) is 5.66. The third kappa shape index (κ3) is 3.91. The lowest BCUT2D eigenvalue weighted by molar-refractivity contribution is 0.0692. The first-order valence-electron chi connectivity index (χ1n) is 9.54. The van der Waals surface area contributed by atoms with Gasteiger partial charge in [-0.3, -0.25) is 0 Å². The van der Waals surface area contributed by atoms with Crippen LogP contribution in [-0.2, 0) is 0 Å². The number of hydrogen-bond acceptors (Lipinski definition) is 1. The molecule has 0 heterocycles. The molecule has 150 valence electrons. The van der Waals surface area contributed by atoms with Crippen LogP contribution in [0, 0.1) is 29.2 Å². The van der Waals surface area contributed by atoms with Gasteiger partial charge in [0.1, 0.15) is 5.82 Å². The predicted octanol–water partition coefficient (Wildman–Crippen LogP) is 6.68. The Kier molecular flexibility index (Phi) is 6.06. The molecule has 2 nitrogen and oxygen atoms in total. The summed E-state index contributed by atoms with van der Waals surface area (Å²) >= 11 is 0. The van der Waals surface area contributed by atoms with E-state index >= 15 is 4.39 Å². The maximum absolute atomic E-state index is 15.1. The zero-order valence-electron chi connectivity index (χ0n) is 15.6. The van der Waals surface area contributed by atoms with Gasteiger partial charge >= 0.3 is 5.97 Å². The second-order valence-corrected chi connectivity index (χ2v) is 7.46. The molecule has 0 aromatic heterocycles. The highest BCUT2D eigenvalue weighted by Gasteiger charge is 2.28. The summed E-state index contributed by atoms with van der Waals surface area (Å²) in [6.07, 6.45) is 5.72. The fourth-order valence-electron chi connectivity index (χ4n) is 4.26. The maximum atomic E-state index is 15.1. The molecule has 1 N–H and O–H groups in total. The Morgan fingerprint density at radius 3 is 2.14 bits per heavy atom. The summed E-state index contributed by atoms with van der Waals surface area (Å²) in [7, 11) is 0. The topological polar surface area (TPSA) is 37.3 Å². The predicted molar refractivity (Wildman–Crippen MR) is 98.3 cm³/mol. The van der Waals surface area contributed by atoms with Gasteiger partial charge in [0, 0.05) is 5.56 Å². The first-order valence-corrected chi connectivity index (χ1v) is 9.54. The van der Waals surface area contributed by atoms with E-state index in [2.05, 4.69) is 6.92 Å². The number of halogens is 4. The second-order valence-electron chi connectivity index (χ2n) is 7.46. The van der Waals surface area contributed by atoms with Crippen LogP contribution in [0.15, 0.2) is 24.3 Å². The molecule has 1 fully saturated rings. The molecule has 6 heteroatoms. The van der Waals surface area contributed by atoms with E-state index in [4.69, 9.17) is 0 Å². The molecule has 28 heavy (non-hydrogen) atoms. The number of hydrogen-bond donors (Lipinski definition) is 1. The van der Waals surface area contributed by atoms with Gasteiger partial charge in [0.2, 0.25) is 0 Å². The lowest BCUT2D eigenvalue weighted by Crippen LogP contribution is -2.15. The maximum Gasteiger partial charge on any atom is 0.338 e. The second kappa shape index (κ2) is 8.33. The van der Waals surface area contributed by atoms with Crippen molar-refractivity contribution in [3.63, 3.8) is 0 Å². The summed E-state index contributed by atoms with van der Waals surface area (Å²) in [6, 6.07) is 4.14. The molecule has 2 aromatic carbocycles. The van der Waals surface area contributed by atoms with Crippen molar-refractivity contribution in [3.8, 4) is 11.1 Å². The molecule has 1 aliphatic carbocycles. The van der Waals surface area contributed by atoms with Crippen LogP contribution < -0.4 is 0 Å². The first kappa shape index (κ1) is 20.4. The van der Waals surface area contributed by atoms with Gasteiger partial charge in [-0.25, -0.2) is 22.4 Å². The smallest absolute Gasteiger partial charge is 0.338 e. The highest BCUT2D eigenvalue weighted by Crippen LogP contribution is 2.43. The molecular weight excluding hydrogens is 372 g/mol. The van der Waals surface area contributed by atoms with E-state index in [0.717, 1.165) is 38.5 Å². The Bertz CT molecular complexity index is 863. The molecule has 0 unspecified atom stereocenters. The molecule has 0 atom stereocenters. The molecule has 1 saturated carbocycles. The molecule has 2 aromatic rings. The zero-order valence-corrected chi connectivity index (χ0v) is 15.6. The van der Waals surface area contributed by atoms with Crippen LogP contribution in [-0.4, -0.2) is 11.1 Å². The standard InChI is InChI=1S/C22H22F4O2/c1-2-3-12-4-6-13(7-5-12)15-8-9-16(22(27)28)20(25)19(15)14-10-17(23)21(26)18(24)11-14/h8-13H,2-7H2,1H3,(H,27,28)/t12-,13-. The van der Waals surface area contributed by atoms with Gasteiger partial charge in [-0.2, -0.15) is 0 Å². The number of aromatic carboxylic acids is 1. The van der Waals surface area contributed by atoms with Crippen LogP contribution in [0.4, 0.5) is 17.6 Å². The van der Waals surface area contributed by atoms with Crippen molar-refractivity contribution in [1.29, 1.82) is 0 Å². The van der Waals surface area contributed by atoms with Crippen LogP contribution >= 0.6 is 0 Å². The lowest BCUT2D eigenvalue weighted by atomic mass is 9.75. The third-order valence-corrected chi connectivity index (χ3v) is 5.66. The van der Waals surface area contributed by atoms with E-state index in [1.165, 1.54) is 12.1 Å². The van der Waals surface area contributed by atoms with Gasteiger partial charge < -0.3 is 5.11 Å². The fourth-order valence-corrected chi connectivity index (χ4v) is 4.26. The number of benzene rings is 2. The monoisotopic (exact) mass is 394 g/mol. The highest BCUT2D eigenvalue weighted by atomic mass is 19.2. The Morgan fingerprint density at radius 1 is 1.00 bits per heavy atom. The van der Waals surface area contributed by atoms with Gasteiger partial charge in [-0.05, 0) is 66.8 Å². The van der Waals surface area contributed by atoms with Crippen molar-refractivity contribution in [2.24, 2.45) is 5.92 Å². The zero-order chi connectivity index (χ0) is 20.4. The van der Waals surface area contributed by atoms with E-state index in [1.807, 2.05) is 0 Å². The van der Waals surface area contributed by atoms with Crippen LogP contribution in [0.1, 0.15) is 67.3 Å². The van der Waals surface area contributed by atoms with Crippen molar-refractivity contribution in [3.05, 3.63) is 58.7 Å². The quantitative estimate of drug-likeness (QED) is 0.454. The number of carboxylic acid groups (broad SMARTS) is 1. The van der Waals surface area contributed by atoms with Crippen LogP contribution in [0.25, 0.3) is 11.1 Å². The normalized spacial score (nSPS) is 19.6. The number of carbonyl (C=O) groups is 1. The molecule has 3 rings (SSSR count). The fraction of sp³-hybridized carbons (Fsp3) is 0.409. The minimum Gasteiger partial charge on any atom is -0.478 e. The Balaban J connectivity index is 2.09. The summed E-state index contributed by atoms with van der Waals surface area (Å²) in [4.78, 5) is 11.3. The van der Waals surface area contributed by atoms with Gasteiger partial charge in [0.25, 0.3) is 0 Å². The van der Waals surface area contributed by atoms with E-state index in [1.54, 1.807) is 0 Å². The highest BCUT2D eigenvalue weighted by molar-refractivity contribution is 5.90. The molecular formula is C22H22F4O2. The Hall–Kier alpha value is -2.37. The first-order chi connectivity index (χ1) is 13.3. The Morgan fingerprint density at radius 2 is 1.61 bits per heavy atom. The minimum absolute atomic E-state index is 0.0448. The molecule has 0 spiro atoms. The molecule has 0 saturated heterocycles. The average Bonchev–Trinajstić information content (AvgIpc) is 2.66. The summed E-state index contributed by atoms with van der Waals surface area (Å²) in [6.45, 7) is 2.13. The van der Waals surface area contributed by atoms with E-state index in [0.29, 0.717) is 23.6 Å². The van der Waals surface area contributed by atoms with E-state index in [-0.39, 0.29) is 17.0 Å². The molecule has 0 amide bonds. The summed E-state index contributed by atoms with van der Waals surface area (Å²) in [5.74, 6) is -6.48. The van der Waals surface area contributed by atoms with Gasteiger partial charge in [0.15, 0.2) is 17.5 Å². The van der Waals surface area contributed by atoms with Gasteiger partial charge in [0.05, 0.1) is 5.56 Å². The molecule has 1 aliphatic rings.